The molecule has 216 valence electrons. The van der Waals surface area contributed by atoms with E-state index in [1.54, 1.807) is 30.1 Å². The van der Waals surface area contributed by atoms with Gasteiger partial charge in [0.15, 0.2) is 5.78 Å². The summed E-state index contributed by atoms with van der Waals surface area (Å²) in [5.41, 5.74) is 1.88. The predicted octanol–water partition coefficient (Wildman–Crippen LogP) is 3.89. The highest BCUT2D eigenvalue weighted by molar-refractivity contribution is 7.89. The van der Waals surface area contributed by atoms with Crippen LogP contribution in [0.4, 0.5) is 8.78 Å². The van der Waals surface area contributed by atoms with Crippen LogP contribution in [0.15, 0.2) is 65.6 Å². The first-order valence-corrected chi connectivity index (χ1v) is 15.2. The number of allylic oxidation sites excluding steroid dienone is 1. The minimum Gasteiger partial charge on any atom is -0.291 e. The lowest BCUT2D eigenvalue weighted by molar-refractivity contribution is 0.0733. The molecule has 2 fully saturated rings. The van der Waals surface area contributed by atoms with E-state index in [0.717, 1.165) is 35.7 Å². The van der Waals surface area contributed by atoms with Gasteiger partial charge in [0.25, 0.3) is 10.0 Å². The third-order valence-electron chi connectivity index (χ3n) is 8.49. The van der Waals surface area contributed by atoms with Gasteiger partial charge in [0, 0.05) is 31.4 Å². The van der Waals surface area contributed by atoms with Gasteiger partial charge >= 0.3 is 0 Å². The Balaban J connectivity index is 1.32. The van der Waals surface area contributed by atoms with Crippen LogP contribution >= 0.6 is 0 Å². The Morgan fingerprint density at radius 3 is 2.55 bits per heavy atom. The number of aromatic nitrogens is 6. The molecule has 3 aromatic heterocycles. The molecular formula is C29H27F2N7O3S. The number of hydrogen-bond donors (Lipinski definition) is 0. The van der Waals surface area contributed by atoms with Crippen LogP contribution < -0.4 is 0 Å². The first-order valence-electron chi connectivity index (χ1n) is 13.8. The minimum absolute atomic E-state index is 0.00863. The van der Waals surface area contributed by atoms with Gasteiger partial charge in [0.1, 0.15) is 17.3 Å². The molecule has 0 amide bonds. The molecule has 0 aliphatic heterocycles. The maximum Gasteiger partial charge on any atom is 0.264 e. The molecule has 7 rings (SSSR count). The molecule has 0 bridgehead atoms. The topological polar surface area (TPSA) is 116 Å². The van der Waals surface area contributed by atoms with E-state index in [-0.39, 0.29) is 41.2 Å². The van der Waals surface area contributed by atoms with Crippen molar-refractivity contribution < 1.29 is 22.0 Å². The first-order chi connectivity index (χ1) is 20.2. The second kappa shape index (κ2) is 9.73. The van der Waals surface area contributed by atoms with Crippen LogP contribution in [-0.2, 0) is 23.5 Å². The minimum atomic E-state index is -3.99. The van der Waals surface area contributed by atoms with Gasteiger partial charge in [-0.25, -0.2) is 21.9 Å². The van der Waals surface area contributed by atoms with Crippen LogP contribution in [0.1, 0.15) is 53.8 Å². The summed E-state index contributed by atoms with van der Waals surface area (Å²) in [5, 5.41) is 12.1. The summed E-state index contributed by atoms with van der Waals surface area (Å²) in [4.78, 5) is 18.6. The van der Waals surface area contributed by atoms with Crippen molar-refractivity contribution >= 4 is 21.9 Å². The van der Waals surface area contributed by atoms with Crippen LogP contribution in [0.2, 0.25) is 0 Å². The molecule has 0 saturated heterocycles. The van der Waals surface area contributed by atoms with E-state index in [1.807, 2.05) is 6.08 Å². The highest BCUT2D eigenvalue weighted by atomic mass is 32.2. The summed E-state index contributed by atoms with van der Waals surface area (Å²) in [5.74, 6) is -1.29. The number of pyridine rings is 1. The number of aryl methyl sites for hydroxylation is 1. The van der Waals surface area contributed by atoms with E-state index < -0.39 is 27.3 Å². The molecule has 0 spiro atoms. The Labute approximate surface area is 240 Å². The number of carbonyl (C=O) groups is 1. The van der Waals surface area contributed by atoms with Crippen LogP contribution in [0, 0.1) is 17.0 Å². The normalized spacial score (nSPS) is 22.0. The van der Waals surface area contributed by atoms with E-state index in [1.165, 1.54) is 39.6 Å². The Kier molecular flexibility index (Phi) is 6.21. The van der Waals surface area contributed by atoms with Crippen molar-refractivity contribution in [3.8, 4) is 5.69 Å². The third-order valence-corrected chi connectivity index (χ3v) is 10.4. The van der Waals surface area contributed by atoms with Gasteiger partial charge in [0.05, 0.1) is 29.2 Å². The molecule has 42 heavy (non-hydrogen) atoms. The Morgan fingerprint density at radius 2 is 1.86 bits per heavy atom. The number of carbonyl (C=O) groups excluding carboxylic acids is 1. The highest BCUT2D eigenvalue weighted by Crippen LogP contribution is 2.52. The fourth-order valence-electron chi connectivity index (χ4n) is 6.43. The number of halogens is 2. The largest absolute Gasteiger partial charge is 0.291 e. The number of benzene rings is 1. The molecule has 1 aromatic carbocycles. The van der Waals surface area contributed by atoms with Gasteiger partial charge in [-0.15, -0.1) is 5.10 Å². The lowest BCUT2D eigenvalue weighted by Crippen LogP contribution is -2.51. The molecule has 0 radical (unpaired) electrons. The van der Waals surface area contributed by atoms with Crippen molar-refractivity contribution in [2.45, 2.75) is 55.6 Å². The van der Waals surface area contributed by atoms with Crippen molar-refractivity contribution in [2.75, 3.05) is 0 Å². The van der Waals surface area contributed by atoms with Crippen LogP contribution in [-0.4, -0.2) is 60.3 Å². The number of hydrogen-bond acceptors (Lipinski definition) is 7. The summed E-state index contributed by atoms with van der Waals surface area (Å²) in [7, 11) is -2.38. The SMILES string of the molecule is Cn1cc(S(=O)(=O)N(C2CC2)[C@H]2CCC3=Cc4c(cnn4-c4ccc(F)cc4)C[C@]3(C(=O)c3cc(F)ccn3)C2)nn1. The first kappa shape index (κ1) is 26.8. The zero-order valence-electron chi connectivity index (χ0n) is 22.7. The van der Waals surface area contributed by atoms with Gasteiger partial charge in [-0.1, -0.05) is 10.8 Å². The van der Waals surface area contributed by atoms with Crippen molar-refractivity contribution in [3.63, 3.8) is 0 Å². The maximum atomic E-state index is 14.4. The molecule has 0 N–H and O–H groups in total. The molecule has 4 aromatic rings. The van der Waals surface area contributed by atoms with E-state index in [9.17, 15) is 22.0 Å². The second-order valence-electron chi connectivity index (χ2n) is 11.3. The van der Waals surface area contributed by atoms with E-state index in [2.05, 4.69) is 20.4 Å². The molecule has 2 saturated carbocycles. The number of Topliss-reactive ketones (excluding diaryl/α,β-unsaturated/α-hetero) is 1. The number of sulfonamides is 1. The van der Waals surface area contributed by atoms with Crippen LogP contribution in [0.25, 0.3) is 11.8 Å². The van der Waals surface area contributed by atoms with Gasteiger partial charge < -0.3 is 0 Å². The van der Waals surface area contributed by atoms with Gasteiger partial charge in [-0.2, -0.15) is 9.40 Å². The van der Waals surface area contributed by atoms with Gasteiger partial charge in [0.2, 0.25) is 5.03 Å². The molecule has 2 atom stereocenters. The molecule has 10 nitrogen and oxygen atoms in total. The Morgan fingerprint density at radius 1 is 1.07 bits per heavy atom. The monoisotopic (exact) mass is 591 g/mol. The van der Waals surface area contributed by atoms with E-state index in [0.29, 0.717) is 18.5 Å². The zero-order chi connectivity index (χ0) is 29.2. The predicted molar refractivity (Wildman–Crippen MR) is 147 cm³/mol. The third kappa shape index (κ3) is 4.38. The Bertz CT molecular complexity index is 1850. The summed E-state index contributed by atoms with van der Waals surface area (Å²) in [6.45, 7) is 0. The standard InChI is InChI=1S/C29H27F2N7O3S/c1-36-17-27(34-35-36)42(40,41)38(23-8-9-23)24-5-2-19-12-26-18(16-33-37(26)22-6-3-20(30)4-7-22)14-29(19,15-24)28(39)25-13-21(31)10-11-32-25/h3-4,6-7,10-13,16-17,23-24H,2,5,8-9,14-15H2,1H3/t24-,29-/m0/s1. The summed E-state index contributed by atoms with van der Waals surface area (Å²) >= 11 is 0. The molecule has 3 heterocycles. The second-order valence-corrected chi connectivity index (χ2v) is 13.0. The fourth-order valence-corrected chi connectivity index (χ4v) is 8.25. The van der Waals surface area contributed by atoms with E-state index >= 15 is 0 Å². The van der Waals surface area contributed by atoms with Crippen LogP contribution in [0.3, 0.4) is 0 Å². The van der Waals surface area contributed by atoms with Gasteiger partial charge in [-0.3, -0.25) is 14.5 Å². The molecular weight excluding hydrogens is 564 g/mol. The lowest BCUT2D eigenvalue weighted by atomic mass is 9.60. The number of ketones is 1. The zero-order valence-corrected chi connectivity index (χ0v) is 23.5. The van der Waals surface area contributed by atoms with Crippen molar-refractivity contribution in [1.29, 1.82) is 0 Å². The number of nitrogens with zero attached hydrogens (tertiary/aromatic N) is 7. The van der Waals surface area contributed by atoms with Crippen molar-refractivity contribution in [1.82, 2.24) is 34.1 Å². The average molecular weight is 592 g/mol. The summed E-state index contributed by atoms with van der Waals surface area (Å²) in [6.07, 6.45) is 9.08. The number of rotatable bonds is 7. The molecule has 3 aliphatic carbocycles. The highest BCUT2D eigenvalue weighted by Gasteiger charge is 2.54. The molecule has 3 aliphatic rings. The van der Waals surface area contributed by atoms with Crippen LogP contribution in [0.5, 0.6) is 0 Å². The maximum absolute atomic E-state index is 14.4. The Hall–Kier alpha value is -4.10. The van der Waals surface area contributed by atoms with Crippen molar-refractivity contribution in [2.24, 2.45) is 12.5 Å². The van der Waals surface area contributed by atoms with Crippen molar-refractivity contribution in [3.05, 3.63) is 89.1 Å². The quantitative estimate of drug-likeness (QED) is 0.300. The van der Waals surface area contributed by atoms with Gasteiger partial charge in [-0.05, 0) is 80.5 Å². The van der Waals surface area contributed by atoms with E-state index in [4.69, 9.17) is 0 Å². The molecule has 0 unspecified atom stereocenters. The fraction of sp³-hybridized carbons (Fsp3) is 0.345. The number of fused-ring (bicyclic) bond motifs is 2. The summed E-state index contributed by atoms with van der Waals surface area (Å²) in [6, 6.07) is 7.61. The average Bonchev–Trinajstić information content (AvgIpc) is 3.55. The summed E-state index contributed by atoms with van der Waals surface area (Å²) < 4.78 is 60.2. The molecule has 13 heteroatoms. The smallest absolute Gasteiger partial charge is 0.264 e. The lowest BCUT2D eigenvalue weighted by Gasteiger charge is -2.46.